The molecule has 20 heavy (non-hydrogen) atoms. The van der Waals surface area contributed by atoms with E-state index in [1.807, 2.05) is 0 Å². The van der Waals surface area contributed by atoms with E-state index in [-0.39, 0.29) is 5.28 Å². The fourth-order valence-corrected chi connectivity index (χ4v) is 2.04. The van der Waals surface area contributed by atoms with Gasteiger partial charge in [-0.2, -0.15) is 4.98 Å². The van der Waals surface area contributed by atoms with Gasteiger partial charge >= 0.3 is 5.69 Å². The zero-order chi connectivity index (χ0) is 14.3. The molecule has 1 N–H and O–H groups in total. The summed E-state index contributed by atoms with van der Waals surface area (Å²) in [5.74, 6) is -0.248. The molecule has 0 saturated heterocycles. The minimum Gasteiger partial charge on any atom is -0.303 e. The van der Waals surface area contributed by atoms with Gasteiger partial charge in [-0.15, -0.1) is 0 Å². The summed E-state index contributed by atoms with van der Waals surface area (Å²) in [7, 11) is 0. The van der Waals surface area contributed by atoms with Crippen LogP contribution >= 0.6 is 11.6 Å². The second-order valence-electron chi connectivity index (χ2n) is 4.11. The van der Waals surface area contributed by atoms with Crippen molar-refractivity contribution >= 4 is 22.8 Å². The van der Waals surface area contributed by atoms with Crippen LogP contribution in [-0.4, -0.2) is 29.5 Å². The van der Waals surface area contributed by atoms with Crippen molar-refractivity contribution in [3.63, 3.8) is 0 Å². The number of fused-ring (bicyclic) bond motifs is 1. The second kappa shape index (κ2) is 4.64. The summed E-state index contributed by atoms with van der Waals surface area (Å²) in [5, 5.41) is 0.0254. The third-order valence-electron chi connectivity index (χ3n) is 2.83. The van der Waals surface area contributed by atoms with Gasteiger partial charge < -0.3 is 4.98 Å². The largest absolute Gasteiger partial charge is 0.328 e. The first-order chi connectivity index (χ1) is 9.56. The van der Waals surface area contributed by atoms with Crippen LogP contribution in [0.5, 0.6) is 0 Å². The van der Waals surface area contributed by atoms with Crippen LogP contribution in [0.25, 0.3) is 11.2 Å². The van der Waals surface area contributed by atoms with Gasteiger partial charge in [0.1, 0.15) is 5.52 Å². The minimum absolute atomic E-state index is 0.0254. The molecule has 0 aliphatic carbocycles. The van der Waals surface area contributed by atoms with Crippen LogP contribution in [0.15, 0.2) is 23.4 Å². The Bertz CT molecular complexity index is 827. The number of nitrogens with zero attached hydrogens (tertiary/aromatic N) is 5. The van der Waals surface area contributed by atoms with E-state index in [0.29, 0.717) is 17.0 Å². The lowest BCUT2D eigenvalue weighted by Crippen LogP contribution is -2.23. The van der Waals surface area contributed by atoms with Crippen molar-refractivity contribution in [3.8, 4) is 0 Å². The van der Waals surface area contributed by atoms with Crippen LogP contribution in [0.2, 0.25) is 5.28 Å². The van der Waals surface area contributed by atoms with E-state index in [9.17, 15) is 9.18 Å². The van der Waals surface area contributed by atoms with Crippen molar-refractivity contribution in [1.82, 2.24) is 29.5 Å². The van der Waals surface area contributed by atoms with E-state index in [1.165, 1.54) is 10.8 Å². The van der Waals surface area contributed by atoms with Gasteiger partial charge in [0.05, 0.1) is 24.6 Å². The molecular weight excluding hydrogens is 287 g/mol. The van der Waals surface area contributed by atoms with E-state index >= 15 is 0 Å². The molecule has 0 aliphatic heterocycles. The van der Waals surface area contributed by atoms with Gasteiger partial charge in [-0.3, -0.25) is 4.57 Å². The fourth-order valence-electron chi connectivity index (χ4n) is 1.91. The van der Waals surface area contributed by atoms with E-state index in [0.717, 1.165) is 12.4 Å². The molecule has 0 aromatic carbocycles. The number of hydrogen-bond acceptors (Lipinski definition) is 5. The molecule has 1 unspecified atom stereocenters. The third-order valence-corrected chi connectivity index (χ3v) is 3.01. The average molecular weight is 295 g/mol. The summed E-state index contributed by atoms with van der Waals surface area (Å²) in [6.45, 7) is 1.71. The Morgan fingerprint density at radius 1 is 1.30 bits per heavy atom. The Kier molecular flexibility index (Phi) is 2.94. The highest BCUT2D eigenvalue weighted by molar-refractivity contribution is 6.28. The number of H-pyrrole nitrogens is 1. The van der Waals surface area contributed by atoms with Gasteiger partial charge in [0, 0.05) is 0 Å². The number of imidazole rings is 1. The summed E-state index contributed by atoms with van der Waals surface area (Å²) in [6.07, 6.45) is 3.50. The van der Waals surface area contributed by atoms with Crippen molar-refractivity contribution in [2.75, 3.05) is 0 Å². The molecule has 0 fully saturated rings. The maximum Gasteiger partial charge on any atom is 0.328 e. The van der Waals surface area contributed by atoms with Crippen LogP contribution in [0.3, 0.4) is 0 Å². The first-order valence-electron chi connectivity index (χ1n) is 5.66. The summed E-state index contributed by atoms with van der Waals surface area (Å²) in [4.78, 5) is 30.2. The predicted octanol–water partition coefficient (Wildman–Crippen LogP) is 1.31. The normalized spacial score (nSPS) is 12.8. The highest BCUT2D eigenvalue weighted by Gasteiger charge is 2.18. The number of aromatic nitrogens is 6. The lowest BCUT2D eigenvalue weighted by molar-refractivity contribution is 0.567. The Morgan fingerprint density at radius 3 is 2.70 bits per heavy atom. The molecule has 3 aromatic rings. The third kappa shape index (κ3) is 2.03. The fraction of sp³-hybridized carbons (Fsp3) is 0.182. The number of halogens is 2. The van der Waals surface area contributed by atoms with E-state index < -0.39 is 17.5 Å². The molecule has 0 saturated carbocycles. The van der Waals surface area contributed by atoms with Crippen LogP contribution < -0.4 is 5.69 Å². The van der Waals surface area contributed by atoms with E-state index in [1.54, 1.807) is 6.92 Å². The number of nitrogens with one attached hydrogen (secondary N) is 1. The topological polar surface area (TPSA) is 89.4 Å². The molecule has 3 aromatic heterocycles. The Balaban J connectivity index is 2.18. The van der Waals surface area contributed by atoms with Gasteiger partial charge in [-0.1, -0.05) is 0 Å². The first kappa shape index (κ1) is 12.7. The summed E-state index contributed by atoms with van der Waals surface area (Å²) < 4.78 is 14.2. The Hall–Kier alpha value is -2.35. The number of rotatable bonds is 2. The van der Waals surface area contributed by atoms with Gasteiger partial charge in [-0.25, -0.2) is 24.1 Å². The Labute approximate surface area is 116 Å². The maximum absolute atomic E-state index is 12.8. The monoisotopic (exact) mass is 294 g/mol. The molecular formula is C11H8ClFN6O. The number of hydrogen-bond donors (Lipinski definition) is 1. The van der Waals surface area contributed by atoms with Crippen LogP contribution in [0.1, 0.15) is 18.8 Å². The van der Waals surface area contributed by atoms with Gasteiger partial charge in [0.2, 0.25) is 5.28 Å². The maximum atomic E-state index is 12.8. The SMILES string of the molecule is CC(c1ncc(F)cn1)n1c(=O)[nH]c2cnc(Cl)nc21. The van der Waals surface area contributed by atoms with Gasteiger partial charge in [-0.05, 0) is 18.5 Å². The highest BCUT2D eigenvalue weighted by atomic mass is 35.5. The molecule has 3 rings (SSSR count). The molecule has 102 valence electrons. The second-order valence-corrected chi connectivity index (χ2v) is 4.45. The number of aromatic amines is 1. The molecule has 0 radical (unpaired) electrons. The zero-order valence-corrected chi connectivity index (χ0v) is 11.0. The van der Waals surface area contributed by atoms with Crippen molar-refractivity contribution in [3.05, 3.63) is 46.0 Å². The van der Waals surface area contributed by atoms with Gasteiger partial charge in [0.15, 0.2) is 17.3 Å². The van der Waals surface area contributed by atoms with Crippen molar-refractivity contribution in [2.45, 2.75) is 13.0 Å². The van der Waals surface area contributed by atoms with Crippen molar-refractivity contribution < 1.29 is 4.39 Å². The van der Waals surface area contributed by atoms with Crippen molar-refractivity contribution in [1.29, 1.82) is 0 Å². The predicted molar refractivity (Wildman–Crippen MR) is 69.0 cm³/mol. The molecule has 0 bridgehead atoms. The van der Waals surface area contributed by atoms with Crippen LogP contribution in [-0.2, 0) is 0 Å². The summed E-state index contributed by atoms with van der Waals surface area (Å²) in [5.41, 5.74) is 0.403. The molecule has 0 aliphatic rings. The smallest absolute Gasteiger partial charge is 0.303 e. The summed E-state index contributed by atoms with van der Waals surface area (Å²) in [6, 6.07) is -0.525. The molecule has 3 heterocycles. The lowest BCUT2D eigenvalue weighted by atomic mass is 10.3. The lowest BCUT2D eigenvalue weighted by Gasteiger charge is -2.11. The van der Waals surface area contributed by atoms with E-state index in [2.05, 4.69) is 24.9 Å². The van der Waals surface area contributed by atoms with Crippen LogP contribution in [0, 0.1) is 5.82 Å². The Morgan fingerprint density at radius 2 is 2.00 bits per heavy atom. The molecule has 7 nitrogen and oxygen atoms in total. The highest BCUT2D eigenvalue weighted by Crippen LogP contribution is 2.17. The van der Waals surface area contributed by atoms with Crippen LogP contribution in [0.4, 0.5) is 4.39 Å². The molecule has 1 atom stereocenters. The minimum atomic E-state index is -0.544. The average Bonchev–Trinajstić information content (AvgIpc) is 2.74. The molecule has 0 amide bonds. The standard InChI is InChI=1S/C11H8ClFN6O/c1-5(8-14-2-6(13)3-15-8)19-9-7(17-11(19)20)4-16-10(12)18-9/h2-5H,1H3,(H,17,20). The van der Waals surface area contributed by atoms with E-state index in [4.69, 9.17) is 11.6 Å². The quantitative estimate of drug-likeness (QED) is 0.720. The first-order valence-corrected chi connectivity index (χ1v) is 6.04. The van der Waals surface area contributed by atoms with Crippen molar-refractivity contribution in [2.24, 2.45) is 0 Å². The summed E-state index contributed by atoms with van der Waals surface area (Å²) >= 11 is 5.74. The molecule has 9 heteroatoms. The zero-order valence-electron chi connectivity index (χ0n) is 10.2. The molecule has 0 spiro atoms. The van der Waals surface area contributed by atoms with Gasteiger partial charge in [0.25, 0.3) is 0 Å².